The number of aromatic nitrogens is 2. The van der Waals surface area contributed by atoms with Gasteiger partial charge < -0.3 is 14.5 Å². The largest absolute Gasteiger partial charge is 0.480 e. The van der Waals surface area contributed by atoms with Crippen LogP contribution in [0.3, 0.4) is 0 Å². The summed E-state index contributed by atoms with van der Waals surface area (Å²) in [6, 6.07) is 0.481. The maximum Gasteiger partial charge on any atom is 0.296 e. The van der Waals surface area contributed by atoms with E-state index in [1.807, 2.05) is 6.92 Å². The maximum absolute atomic E-state index is 4.91. The van der Waals surface area contributed by atoms with Crippen LogP contribution in [0.2, 0.25) is 0 Å². The minimum atomic E-state index is 0.481. The summed E-state index contributed by atoms with van der Waals surface area (Å²) in [5.74, 6) is 0.580. The molecule has 56 valence electrons. The van der Waals surface area contributed by atoms with Crippen molar-refractivity contribution in [3.63, 3.8) is 0 Å². The van der Waals surface area contributed by atoms with E-state index in [0.29, 0.717) is 11.9 Å². The molecule has 1 aromatic rings. The van der Waals surface area contributed by atoms with E-state index in [4.69, 9.17) is 9.47 Å². The summed E-state index contributed by atoms with van der Waals surface area (Å²) in [4.78, 5) is 6.83. The van der Waals surface area contributed by atoms with Gasteiger partial charge in [0.15, 0.2) is 0 Å². The molecule has 4 heteroatoms. The maximum atomic E-state index is 4.91. The van der Waals surface area contributed by atoms with E-state index in [1.165, 1.54) is 0 Å². The van der Waals surface area contributed by atoms with E-state index in [9.17, 15) is 0 Å². The Balaban J connectivity index is 2.92. The molecular formula is C6H10N2O2. The SMILES string of the molecule is COc1nc(OC)c(C)[nH]1. The van der Waals surface area contributed by atoms with Gasteiger partial charge in [-0.2, -0.15) is 4.98 Å². The molecule has 0 aliphatic carbocycles. The summed E-state index contributed by atoms with van der Waals surface area (Å²) >= 11 is 0. The van der Waals surface area contributed by atoms with Gasteiger partial charge in [0.1, 0.15) is 0 Å². The van der Waals surface area contributed by atoms with Gasteiger partial charge in [0, 0.05) is 0 Å². The highest BCUT2D eigenvalue weighted by molar-refractivity contribution is 5.21. The number of nitrogens with zero attached hydrogens (tertiary/aromatic N) is 1. The number of methoxy groups -OCH3 is 2. The Hall–Kier alpha value is -1.19. The van der Waals surface area contributed by atoms with Crippen LogP contribution in [0.5, 0.6) is 11.9 Å². The Kier molecular flexibility index (Phi) is 1.80. The fourth-order valence-electron chi connectivity index (χ4n) is 0.713. The third-order valence-electron chi connectivity index (χ3n) is 1.21. The number of H-pyrrole nitrogens is 1. The number of rotatable bonds is 2. The molecule has 10 heavy (non-hydrogen) atoms. The predicted octanol–water partition coefficient (Wildman–Crippen LogP) is 0.735. The summed E-state index contributed by atoms with van der Waals surface area (Å²) in [5.41, 5.74) is 0.874. The molecule has 1 heterocycles. The number of aromatic amines is 1. The van der Waals surface area contributed by atoms with Gasteiger partial charge in [0.2, 0.25) is 5.88 Å². The first-order valence-electron chi connectivity index (χ1n) is 2.92. The monoisotopic (exact) mass is 142 g/mol. The zero-order chi connectivity index (χ0) is 7.56. The Morgan fingerprint density at radius 2 is 2.00 bits per heavy atom. The topological polar surface area (TPSA) is 47.1 Å². The number of nitrogens with one attached hydrogen (secondary N) is 1. The van der Waals surface area contributed by atoms with E-state index < -0.39 is 0 Å². The summed E-state index contributed by atoms with van der Waals surface area (Å²) < 4.78 is 9.74. The molecule has 0 atom stereocenters. The van der Waals surface area contributed by atoms with Gasteiger partial charge in [0.05, 0.1) is 19.9 Å². The molecular weight excluding hydrogens is 132 g/mol. The van der Waals surface area contributed by atoms with E-state index >= 15 is 0 Å². The molecule has 0 fully saturated rings. The van der Waals surface area contributed by atoms with Crippen molar-refractivity contribution in [1.82, 2.24) is 9.97 Å². The van der Waals surface area contributed by atoms with Crippen LogP contribution < -0.4 is 9.47 Å². The Bertz CT molecular complexity index is 220. The van der Waals surface area contributed by atoms with Crippen molar-refractivity contribution < 1.29 is 9.47 Å². The standard InChI is InChI=1S/C6H10N2O2/c1-4-5(9-2)8-6(7-4)10-3/h1-3H3,(H,7,8). The molecule has 0 amide bonds. The first-order chi connectivity index (χ1) is 4.77. The van der Waals surface area contributed by atoms with Gasteiger partial charge in [0.25, 0.3) is 6.01 Å². The number of hydrogen-bond donors (Lipinski definition) is 1. The normalized spacial score (nSPS) is 9.50. The van der Waals surface area contributed by atoms with Gasteiger partial charge in [-0.3, -0.25) is 0 Å². The molecule has 1 aromatic heterocycles. The predicted molar refractivity (Wildman–Crippen MR) is 36.4 cm³/mol. The molecule has 0 aromatic carbocycles. The van der Waals surface area contributed by atoms with Crippen LogP contribution >= 0.6 is 0 Å². The fraction of sp³-hybridized carbons (Fsp3) is 0.500. The molecule has 0 aliphatic heterocycles. The molecule has 0 unspecified atom stereocenters. The summed E-state index contributed by atoms with van der Waals surface area (Å²) in [7, 11) is 3.13. The quantitative estimate of drug-likeness (QED) is 0.662. The zero-order valence-corrected chi connectivity index (χ0v) is 6.26. The smallest absolute Gasteiger partial charge is 0.296 e. The van der Waals surface area contributed by atoms with E-state index in [1.54, 1.807) is 14.2 Å². The molecule has 0 bridgehead atoms. The first-order valence-corrected chi connectivity index (χ1v) is 2.92. The molecule has 0 radical (unpaired) electrons. The Labute approximate surface area is 59.2 Å². The molecule has 1 N–H and O–H groups in total. The second-order valence-electron chi connectivity index (χ2n) is 1.88. The fourth-order valence-corrected chi connectivity index (χ4v) is 0.713. The van der Waals surface area contributed by atoms with E-state index in [0.717, 1.165) is 5.69 Å². The number of imidazole rings is 1. The molecule has 0 saturated heterocycles. The number of aryl methyl sites for hydroxylation is 1. The summed E-state index contributed by atoms with van der Waals surface area (Å²) in [5, 5.41) is 0. The van der Waals surface area contributed by atoms with E-state index in [2.05, 4.69) is 9.97 Å². The van der Waals surface area contributed by atoms with Gasteiger partial charge >= 0.3 is 0 Å². The highest BCUT2D eigenvalue weighted by Gasteiger charge is 2.04. The van der Waals surface area contributed by atoms with E-state index in [-0.39, 0.29) is 0 Å². The van der Waals surface area contributed by atoms with Crippen molar-refractivity contribution >= 4 is 0 Å². The highest BCUT2D eigenvalue weighted by atomic mass is 16.5. The van der Waals surface area contributed by atoms with Crippen molar-refractivity contribution in [2.45, 2.75) is 6.92 Å². The third kappa shape index (κ3) is 1.05. The van der Waals surface area contributed by atoms with Crippen LogP contribution in [0.25, 0.3) is 0 Å². The van der Waals surface area contributed by atoms with Crippen LogP contribution in [0.1, 0.15) is 5.69 Å². The molecule has 0 spiro atoms. The van der Waals surface area contributed by atoms with Crippen molar-refractivity contribution in [3.05, 3.63) is 5.69 Å². The Morgan fingerprint density at radius 1 is 1.30 bits per heavy atom. The lowest BCUT2D eigenvalue weighted by Gasteiger charge is -1.90. The van der Waals surface area contributed by atoms with Crippen molar-refractivity contribution in [2.24, 2.45) is 0 Å². The second-order valence-corrected chi connectivity index (χ2v) is 1.88. The van der Waals surface area contributed by atoms with Crippen LogP contribution in [0.15, 0.2) is 0 Å². The van der Waals surface area contributed by atoms with Crippen molar-refractivity contribution in [2.75, 3.05) is 14.2 Å². The highest BCUT2D eigenvalue weighted by Crippen LogP contribution is 2.16. The lowest BCUT2D eigenvalue weighted by atomic mass is 10.5. The summed E-state index contributed by atoms with van der Waals surface area (Å²) in [6.07, 6.45) is 0. The van der Waals surface area contributed by atoms with Crippen molar-refractivity contribution in [1.29, 1.82) is 0 Å². The minimum absolute atomic E-state index is 0.481. The lowest BCUT2D eigenvalue weighted by molar-refractivity contribution is 0.368. The van der Waals surface area contributed by atoms with Gasteiger partial charge in [-0.15, -0.1) is 0 Å². The minimum Gasteiger partial charge on any atom is -0.480 e. The molecule has 0 saturated carbocycles. The Morgan fingerprint density at radius 3 is 2.30 bits per heavy atom. The van der Waals surface area contributed by atoms with Crippen LogP contribution in [-0.4, -0.2) is 24.2 Å². The second kappa shape index (κ2) is 2.60. The number of hydrogen-bond acceptors (Lipinski definition) is 3. The zero-order valence-electron chi connectivity index (χ0n) is 6.26. The third-order valence-corrected chi connectivity index (χ3v) is 1.21. The van der Waals surface area contributed by atoms with Crippen LogP contribution in [0, 0.1) is 6.92 Å². The lowest BCUT2D eigenvalue weighted by Crippen LogP contribution is -1.84. The molecule has 0 aliphatic rings. The van der Waals surface area contributed by atoms with Gasteiger partial charge in [-0.05, 0) is 6.92 Å². The van der Waals surface area contributed by atoms with Crippen LogP contribution in [0.4, 0.5) is 0 Å². The van der Waals surface area contributed by atoms with Crippen LogP contribution in [-0.2, 0) is 0 Å². The van der Waals surface area contributed by atoms with Crippen molar-refractivity contribution in [3.8, 4) is 11.9 Å². The molecule has 1 rings (SSSR count). The first kappa shape index (κ1) is 6.92. The number of ether oxygens (including phenoxy) is 2. The summed E-state index contributed by atoms with van der Waals surface area (Å²) in [6.45, 7) is 1.87. The van der Waals surface area contributed by atoms with Gasteiger partial charge in [-0.25, -0.2) is 0 Å². The van der Waals surface area contributed by atoms with Gasteiger partial charge in [-0.1, -0.05) is 0 Å². The average molecular weight is 142 g/mol. The average Bonchev–Trinajstić information content (AvgIpc) is 2.30. The molecule has 4 nitrogen and oxygen atoms in total.